The molecule has 3 heterocycles. The third kappa shape index (κ3) is 4.30. The van der Waals surface area contributed by atoms with E-state index in [1.807, 2.05) is 5.38 Å². The molecule has 2 aromatic rings. The van der Waals surface area contributed by atoms with Crippen molar-refractivity contribution in [3.63, 3.8) is 0 Å². The quantitative estimate of drug-likeness (QED) is 0.639. The summed E-state index contributed by atoms with van der Waals surface area (Å²) in [6.45, 7) is 1.12. The van der Waals surface area contributed by atoms with Crippen LogP contribution < -0.4 is 5.32 Å². The molecule has 10 heteroatoms. The molecule has 1 saturated carbocycles. The Balaban J connectivity index is 1.64. The summed E-state index contributed by atoms with van der Waals surface area (Å²) >= 11 is 7.85. The Hall–Kier alpha value is -2.33. The van der Waals surface area contributed by atoms with Crippen molar-refractivity contribution >= 4 is 34.7 Å². The summed E-state index contributed by atoms with van der Waals surface area (Å²) in [6.07, 6.45) is 4.83. The molecular formula is C23H23ClFN3O4S. The number of allylic oxidation sites excluding steroid dienone is 1. The van der Waals surface area contributed by atoms with Gasteiger partial charge in [-0.1, -0.05) is 17.7 Å². The summed E-state index contributed by atoms with van der Waals surface area (Å²) in [5, 5.41) is 6.10. The summed E-state index contributed by atoms with van der Waals surface area (Å²) in [5.41, 5.74) is 1.57. The van der Waals surface area contributed by atoms with Crippen molar-refractivity contribution in [1.29, 1.82) is 0 Å². The maximum Gasteiger partial charge on any atom is 0.338 e. The van der Waals surface area contributed by atoms with Crippen LogP contribution in [0.5, 0.6) is 0 Å². The Labute approximate surface area is 199 Å². The smallest absolute Gasteiger partial charge is 0.338 e. The third-order valence-corrected chi connectivity index (χ3v) is 7.37. The number of methoxy groups -OCH3 is 1. The molecule has 1 aromatic heterocycles. The second-order valence-electron chi connectivity index (χ2n) is 8.23. The van der Waals surface area contributed by atoms with Crippen molar-refractivity contribution in [3.8, 4) is 0 Å². The average molecular weight is 492 g/mol. The van der Waals surface area contributed by atoms with Crippen LogP contribution in [0.15, 0.2) is 46.0 Å². The van der Waals surface area contributed by atoms with E-state index in [1.165, 1.54) is 30.6 Å². The van der Waals surface area contributed by atoms with Crippen LogP contribution in [-0.2, 0) is 19.0 Å². The number of esters is 1. The molecule has 5 rings (SSSR count). The van der Waals surface area contributed by atoms with Crippen molar-refractivity contribution in [2.24, 2.45) is 10.9 Å². The number of carbonyl (C=O) groups excluding carboxylic acids is 1. The topological polar surface area (TPSA) is 82.0 Å². The zero-order valence-corrected chi connectivity index (χ0v) is 19.5. The van der Waals surface area contributed by atoms with E-state index in [0.29, 0.717) is 47.3 Å². The SMILES string of the molecule is COC(=O)C1=C(C2CCCC3(C2)OCCO3)NC(c2nccs2)=NC1c1ccc(F)cc1Cl. The Kier molecular flexibility index (Phi) is 6.22. The van der Waals surface area contributed by atoms with Crippen molar-refractivity contribution in [1.82, 2.24) is 10.3 Å². The number of aliphatic imine (C=N–C) groups is 1. The number of thiazole rings is 1. The van der Waals surface area contributed by atoms with Gasteiger partial charge in [0.25, 0.3) is 0 Å². The average Bonchev–Trinajstić information content (AvgIpc) is 3.51. The first-order valence-electron chi connectivity index (χ1n) is 10.8. The number of aromatic nitrogens is 1. The molecule has 33 heavy (non-hydrogen) atoms. The molecule has 2 unspecified atom stereocenters. The van der Waals surface area contributed by atoms with E-state index < -0.39 is 23.6 Å². The Morgan fingerprint density at radius 3 is 2.88 bits per heavy atom. The molecule has 1 saturated heterocycles. The number of nitrogens with one attached hydrogen (secondary N) is 1. The minimum atomic E-state index is -0.774. The van der Waals surface area contributed by atoms with Crippen LogP contribution >= 0.6 is 22.9 Å². The summed E-state index contributed by atoms with van der Waals surface area (Å²) in [6, 6.07) is 3.32. The largest absolute Gasteiger partial charge is 0.466 e. The second kappa shape index (κ2) is 9.13. The van der Waals surface area contributed by atoms with Gasteiger partial charge < -0.3 is 19.5 Å². The molecular weight excluding hydrogens is 469 g/mol. The highest BCUT2D eigenvalue weighted by atomic mass is 35.5. The van der Waals surface area contributed by atoms with Gasteiger partial charge in [0.2, 0.25) is 0 Å². The molecule has 2 atom stereocenters. The molecule has 2 aliphatic heterocycles. The van der Waals surface area contributed by atoms with E-state index in [1.54, 1.807) is 12.3 Å². The second-order valence-corrected chi connectivity index (χ2v) is 9.53. The predicted molar refractivity (Wildman–Crippen MR) is 122 cm³/mol. The molecule has 0 radical (unpaired) electrons. The van der Waals surface area contributed by atoms with Gasteiger partial charge in [0.05, 0.1) is 25.9 Å². The number of halogens is 2. The van der Waals surface area contributed by atoms with Crippen LogP contribution in [0.25, 0.3) is 0 Å². The lowest BCUT2D eigenvalue weighted by Crippen LogP contribution is -2.42. The summed E-state index contributed by atoms with van der Waals surface area (Å²) < 4.78 is 30.9. The standard InChI is InChI=1S/C23H23ClFN3O4S/c1-30-22(29)17-18(13-3-2-6-23(12-13)31-8-9-32-23)27-20(21-26-7-10-33-21)28-19(17)15-5-4-14(25)11-16(15)24/h4-5,7,10-11,13,19H,2-3,6,8-9,12H2,1H3,(H,27,28). The van der Waals surface area contributed by atoms with Crippen molar-refractivity contribution < 1.29 is 23.4 Å². The number of hydrogen-bond donors (Lipinski definition) is 1. The highest BCUT2D eigenvalue weighted by Gasteiger charge is 2.45. The molecule has 1 aromatic carbocycles. The normalized spacial score (nSPS) is 24.5. The zero-order chi connectivity index (χ0) is 23.0. The van der Waals surface area contributed by atoms with Gasteiger partial charge in [0.1, 0.15) is 11.9 Å². The van der Waals surface area contributed by atoms with Crippen molar-refractivity contribution in [3.05, 3.63) is 62.5 Å². The first-order valence-corrected chi connectivity index (χ1v) is 12.1. The monoisotopic (exact) mass is 491 g/mol. The van der Waals surface area contributed by atoms with Crippen LogP contribution in [0.1, 0.15) is 42.3 Å². The summed E-state index contributed by atoms with van der Waals surface area (Å²) in [7, 11) is 1.34. The van der Waals surface area contributed by atoms with Gasteiger partial charge in [-0.2, -0.15) is 0 Å². The molecule has 0 bridgehead atoms. The maximum atomic E-state index is 13.8. The number of nitrogens with zero attached hydrogens (tertiary/aromatic N) is 2. The van der Waals surface area contributed by atoms with E-state index in [0.717, 1.165) is 19.3 Å². The third-order valence-electron chi connectivity index (χ3n) is 6.26. The molecule has 1 N–H and O–H groups in total. The lowest BCUT2D eigenvalue weighted by Gasteiger charge is -2.39. The molecule has 7 nitrogen and oxygen atoms in total. The maximum absolute atomic E-state index is 13.8. The lowest BCUT2D eigenvalue weighted by molar-refractivity contribution is -0.184. The molecule has 1 spiro atoms. The first kappa shape index (κ1) is 22.5. The van der Waals surface area contributed by atoms with E-state index in [2.05, 4.69) is 10.3 Å². The molecule has 1 aliphatic carbocycles. The van der Waals surface area contributed by atoms with Crippen LogP contribution in [0.3, 0.4) is 0 Å². The van der Waals surface area contributed by atoms with Gasteiger partial charge in [-0.15, -0.1) is 11.3 Å². The number of benzene rings is 1. The minimum Gasteiger partial charge on any atom is -0.466 e. The van der Waals surface area contributed by atoms with Gasteiger partial charge in [0, 0.05) is 46.6 Å². The Morgan fingerprint density at radius 2 is 2.18 bits per heavy atom. The molecule has 0 amide bonds. The summed E-state index contributed by atoms with van der Waals surface area (Å²) in [5.74, 6) is -1.14. The van der Waals surface area contributed by atoms with E-state index >= 15 is 0 Å². The Morgan fingerprint density at radius 1 is 1.36 bits per heavy atom. The first-order chi connectivity index (χ1) is 16.0. The van der Waals surface area contributed by atoms with Gasteiger partial charge >= 0.3 is 5.97 Å². The van der Waals surface area contributed by atoms with Crippen LogP contribution in [-0.4, -0.2) is 42.9 Å². The van der Waals surface area contributed by atoms with Gasteiger partial charge in [0.15, 0.2) is 16.6 Å². The molecule has 174 valence electrons. The highest BCUT2D eigenvalue weighted by molar-refractivity contribution is 7.11. The van der Waals surface area contributed by atoms with E-state index in [9.17, 15) is 9.18 Å². The Bertz CT molecular complexity index is 1110. The fourth-order valence-electron chi connectivity index (χ4n) is 4.82. The number of carbonyl (C=O) groups is 1. The van der Waals surface area contributed by atoms with Gasteiger partial charge in [-0.3, -0.25) is 4.99 Å². The van der Waals surface area contributed by atoms with Gasteiger partial charge in [-0.05, 0) is 25.0 Å². The zero-order valence-electron chi connectivity index (χ0n) is 18.0. The predicted octanol–water partition coefficient (Wildman–Crippen LogP) is 4.39. The highest BCUT2D eigenvalue weighted by Crippen LogP contribution is 2.45. The fraction of sp³-hybridized carbons (Fsp3) is 0.435. The summed E-state index contributed by atoms with van der Waals surface area (Å²) in [4.78, 5) is 22.3. The fourth-order valence-corrected chi connectivity index (χ4v) is 5.68. The van der Waals surface area contributed by atoms with Crippen LogP contribution in [0, 0.1) is 11.7 Å². The minimum absolute atomic E-state index is 0.0573. The van der Waals surface area contributed by atoms with Crippen LogP contribution in [0.2, 0.25) is 5.02 Å². The number of amidine groups is 1. The van der Waals surface area contributed by atoms with Gasteiger partial charge in [-0.25, -0.2) is 14.2 Å². The van der Waals surface area contributed by atoms with Crippen molar-refractivity contribution in [2.45, 2.75) is 37.5 Å². The number of hydrogen-bond acceptors (Lipinski definition) is 8. The van der Waals surface area contributed by atoms with Crippen LogP contribution in [0.4, 0.5) is 4.39 Å². The van der Waals surface area contributed by atoms with Crippen molar-refractivity contribution in [2.75, 3.05) is 20.3 Å². The van der Waals surface area contributed by atoms with E-state index in [-0.39, 0.29) is 10.9 Å². The molecule has 2 fully saturated rings. The van der Waals surface area contributed by atoms with E-state index in [4.69, 9.17) is 30.8 Å². The number of ether oxygens (including phenoxy) is 3. The number of rotatable bonds is 4. The lowest BCUT2D eigenvalue weighted by atomic mass is 9.79. The molecule has 3 aliphatic rings.